The van der Waals surface area contributed by atoms with Crippen LogP contribution in [0.2, 0.25) is 0 Å². The number of piperidine rings is 1. The molecule has 4 nitrogen and oxygen atoms in total. The summed E-state index contributed by atoms with van der Waals surface area (Å²) in [6.07, 6.45) is 7.54. The van der Waals surface area contributed by atoms with E-state index in [9.17, 15) is 0 Å². The standard InChI is InChI=1S/C13H21N3OS/c14-13-15-8-11(18-13)9-16-5-3-10(4-6-16)12-2-1-7-17-12/h8,10,12H,1-7,9H2,(H2,14,15). The van der Waals surface area contributed by atoms with Gasteiger partial charge in [-0.25, -0.2) is 4.98 Å². The summed E-state index contributed by atoms with van der Waals surface area (Å²) in [5.41, 5.74) is 5.66. The lowest BCUT2D eigenvalue weighted by Gasteiger charge is -2.34. The van der Waals surface area contributed by atoms with Crippen LogP contribution in [0.25, 0.3) is 0 Å². The Kier molecular flexibility index (Phi) is 3.82. The Hall–Kier alpha value is -0.650. The molecular formula is C13H21N3OS. The van der Waals surface area contributed by atoms with Gasteiger partial charge in [0.05, 0.1) is 6.10 Å². The average Bonchev–Trinajstić information content (AvgIpc) is 3.02. The van der Waals surface area contributed by atoms with Crippen molar-refractivity contribution in [1.82, 2.24) is 9.88 Å². The zero-order valence-corrected chi connectivity index (χ0v) is 11.5. The maximum absolute atomic E-state index is 5.81. The fourth-order valence-corrected chi connectivity index (χ4v) is 3.80. The number of rotatable bonds is 3. The summed E-state index contributed by atoms with van der Waals surface area (Å²) in [5.74, 6) is 0.787. The van der Waals surface area contributed by atoms with E-state index in [4.69, 9.17) is 10.5 Å². The van der Waals surface area contributed by atoms with Crippen LogP contribution in [0.1, 0.15) is 30.6 Å². The van der Waals surface area contributed by atoms with E-state index in [0.717, 1.165) is 19.1 Å². The molecule has 1 aromatic heterocycles. The Balaban J connectivity index is 1.47. The number of nitrogen functional groups attached to an aromatic ring is 1. The zero-order chi connectivity index (χ0) is 12.4. The number of hydrogen-bond acceptors (Lipinski definition) is 5. The van der Waals surface area contributed by atoms with E-state index in [1.807, 2.05) is 6.20 Å². The highest BCUT2D eigenvalue weighted by molar-refractivity contribution is 7.15. The van der Waals surface area contributed by atoms with Crippen LogP contribution >= 0.6 is 11.3 Å². The first-order chi connectivity index (χ1) is 8.81. The molecule has 2 aliphatic heterocycles. The number of ether oxygens (including phenoxy) is 1. The third kappa shape index (κ3) is 2.84. The van der Waals surface area contributed by atoms with Gasteiger partial charge in [-0.05, 0) is 44.7 Å². The number of nitrogens with two attached hydrogens (primary N) is 1. The lowest BCUT2D eigenvalue weighted by Crippen LogP contribution is -2.37. The van der Waals surface area contributed by atoms with Crippen molar-refractivity contribution < 1.29 is 4.74 Å². The summed E-state index contributed by atoms with van der Waals surface area (Å²) in [4.78, 5) is 7.90. The second kappa shape index (κ2) is 5.55. The van der Waals surface area contributed by atoms with Gasteiger partial charge in [0.15, 0.2) is 5.13 Å². The smallest absolute Gasteiger partial charge is 0.180 e. The Morgan fingerprint density at radius 3 is 2.83 bits per heavy atom. The van der Waals surface area contributed by atoms with Crippen molar-refractivity contribution in [3.8, 4) is 0 Å². The van der Waals surface area contributed by atoms with Crippen LogP contribution in [0.5, 0.6) is 0 Å². The number of hydrogen-bond donors (Lipinski definition) is 1. The maximum atomic E-state index is 5.81. The monoisotopic (exact) mass is 267 g/mol. The van der Waals surface area contributed by atoms with Gasteiger partial charge in [0, 0.05) is 24.2 Å². The van der Waals surface area contributed by atoms with Crippen LogP contribution in [0.3, 0.4) is 0 Å². The van der Waals surface area contributed by atoms with Gasteiger partial charge >= 0.3 is 0 Å². The first-order valence-electron chi connectivity index (χ1n) is 6.85. The highest BCUT2D eigenvalue weighted by Gasteiger charge is 2.29. The molecular weight excluding hydrogens is 246 g/mol. The van der Waals surface area contributed by atoms with Gasteiger partial charge in [-0.3, -0.25) is 4.90 Å². The van der Waals surface area contributed by atoms with E-state index in [0.29, 0.717) is 11.2 Å². The molecule has 1 aromatic rings. The molecule has 0 radical (unpaired) electrons. The van der Waals surface area contributed by atoms with Crippen molar-refractivity contribution in [2.24, 2.45) is 5.92 Å². The first kappa shape index (κ1) is 12.4. The third-order valence-corrected chi connectivity index (χ3v) is 4.89. The van der Waals surface area contributed by atoms with Crippen molar-refractivity contribution in [2.45, 2.75) is 38.3 Å². The Labute approximate surface area is 112 Å². The van der Waals surface area contributed by atoms with E-state index in [1.165, 1.54) is 43.6 Å². The fraction of sp³-hybridized carbons (Fsp3) is 0.769. The van der Waals surface area contributed by atoms with Crippen LogP contribution in [0, 0.1) is 5.92 Å². The van der Waals surface area contributed by atoms with E-state index < -0.39 is 0 Å². The number of likely N-dealkylation sites (tertiary alicyclic amines) is 1. The van der Waals surface area contributed by atoms with E-state index >= 15 is 0 Å². The van der Waals surface area contributed by atoms with Crippen LogP contribution in [0.15, 0.2) is 6.20 Å². The predicted molar refractivity (Wildman–Crippen MR) is 73.5 cm³/mol. The van der Waals surface area contributed by atoms with Gasteiger partial charge in [-0.15, -0.1) is 11.3 Å². The molecule has 2 saturated heterocycles. The largest absolute Gasteiger partial charge is 0.378 e. The minimum absolute atomic E-state index is 0.547. The van der Waals surface area contributed by atoms with Crippen LogP contribution in [-0.2, 0) is 11.3 Å². The number of thiazole rings is 1. The van der Waals surface area contributed by atoms with Gasteiger partial charge < -0.3 is 10.5 Å². The van der Waals surface area contributed by atoms with Crippen molar-refractivity contribution in [1.29, 1.82) is 0 Å². The SMILES string of the molecule is Nc1ncc(CN2CCC(C3CCCO3)CC2)s1. The molecule has 2 N–H and O–H groups in total. The summed E-state index contributed by atoms with van der Waals surface area (Å²) in [7, 11) is 0. The van der Waals surface area contributed by atoms with Crippen LogP contribution in [-0.4, -0.2) is 35.7 Å². The molecule has 0 aliphatic carbocycles. The lowest BCUT2D eigenvalue weighted by atomic mass is 9.90. The summed E-state index contributed by atoms with van der Waals surface area (Å²) in [6, 6.07) is 0. The molecule has 2 fully saturated rings. The zero-order valence-electron chi connectivity index (χ0n) is 10.7. The van der Waals surface area contributed by atoms with Crippen molar-refractivity contribution in [2.75, 3.05) is 25.4 Å². The minimum Gasteiger partial charge on any atom is -0.378 e. The Morgan fingerprint density at radius 1 is 1.39 bits per heavy atom. The highest BCUT2D eigenvalue weighted by Crippen LogP contribution is 2.29. The van der Waals surface area contributed by atoms with Gasteiger partial charge in [-0.2, -0.15) is 0 Å². The number of aromatic nitrogens is 1. The number of anilines is 1. The van der Waals surface area contributed by atoms with E-state index in [2.05, 4.69) is 9.88 Å². The molecule has 1 unspecified atom stereocenters. The first-order valence-corrected chi connectivity index (χ1v) is 7.67. The second-order valence-corrected chi connectivity index (χ2v) is 6.48. The lowest BCUT2D eigenvalue weighted by molar-refractivity contribution is 0.0306. The molecule has 100 valence electrons. The second-order valence-electron chi connectivity index (χ2n) is 5.33. The Morgan fingerprint density at radius 2 is 2.22 bits per heavy atom. The molecule has 18 heavy (non-hydrogen) atoms. The summed E-state index contributed by atoms with van der Waals surface area (Å²) < 4.78 is 5.81. The van der Waals surface area contributed by atoms with Gasteiger partial charge in [0.25, 0.3) is 0 Å². The highest BCUT2D eigenvalue weighted by atomic mass is 32.1. The maximum Gasteiger partial charge on any atom is 0.180 e. The van der Waals surface area contributed by atoms with E-state index in [1.54, 1.807) is 11.3 Å². The molecule has 0 saturated carbocycles. The minimum atomic E-state index is 0.547. The normalized spacial score (nSPS) is 26.8. The predicted octanol–water partition coefficient (Wildman–Crippen LogP) is 2.12. The quantitative estimate of drug-likeness (QED) is 0.911. The summed E-state index contributed by atoms with van der Waals surface area (Å²) >= 11 is 1.61. The molecule has 2 aliphatic rings. The molecule has 0 spiro atoms. The van der Waals surface area contributed by atoms with Gasteiger partial charge in [0.1, 0.15) is 0 Å². The molecule has 3 heterocycles. The average molecular weight is 267 g/mol. The third-order valence-electron chi connectivity index (χ3n) is 4.07. The Bertz CT molecular complexity index is 381. The molecule has 0 aromatic carbocycles. The topological polar surface area (TPSA) is 51.4 Å². The summed E-state index contributed by atoms with van der Waals surface area (Å²) in [5, 5.41) is 0.680. The fourth-order valence-electron chi connectivity index (χ4n) is 3.07. The van der Waals surface area contributed by atoms with Crippen molar-refractivity contribution in [3.63, 3.8) is 0 Å². The number of nitrogens with zero attached hydrogens (tertiary/aromatic N) is 2. The van der Waals surface area contributed by atoms with Gasteiger partial charge in [0.2, 0.25) is 0 Å². The molecule has 5 heteroatoms. The molecule has 0 bridgehead atoms. The van der Waals surface area contributed by atoms with Crippen LogP contribution in [0.4, 0.5) is 5.13 Å². The van der Waals surface area contributed by atoms with E-state index in [-0.39, 0.29) is 0 Å². The molecule has 0 amide bonds. The van der Waals surface area contributed by atoms with Gasteiger partial charge in [-0.1, -0.05) is 0 Å². The van der Waals surface area contributed by atoms with Crippen molar-refractivity contribution >= 4 is 16.5 Å². The van der Waals surface area contributed by atoms with Crippen molar-refractivity contribution in [3.05, 3.63) is 11.1 Å². The molecule has 3 rings (SSSR count). The summed E-state index contributed by atoms with van der Waals surface area (Å²) in [6.45, 7) is 4.35. The van der Waals surface area contributed by atoms with Crippen LogP contribution < -0.4 is 5.73 Å². The molecule has 1 atom stereocenters.